The fourth-order valence-electron chi connectivity index (χ4n) is 1.60. The zero-order chi connectivity index (χ0) is 13.7. The molecule has 2 aromatic heterocycles. The molecule has 1 N–H and O–H groups in total. The van der Waals surface area contributed by atoms with Gasteiger partial charge in [-0.2, -0.15) is 0 Å². The van der Waals surface area contributed by atoms with Crippen LogP contribution in [0.4, 0.5) is 5.82 Å². The monoisotopic (exact) mass is 257 g/mol. The highest BCUT2D eigenvalue weighted by Crippen LogP contribution is 2.06. The van der Waals surface area contributed by atoms with E-state index >= 15 is 0 Å². The number of nitrogens with one attached hydrogen (secondary N) is 1. The summed E-state index contributed by atoms with van der Waals surface area (Å²) in [6.07, 6.45) is 6.41. The van der Waals surface area contributed by atoms with Crippen LogP contribution in [0.15, 0.2) is 36.9 Å². The normalized spacial score (nSPS) is 10.0. The van der Waals surface area contributed by atoms with Crippen molar-refractivity contribution in [3.05, 3.63) is 48.2 Å². The molecule has 2 heterocycles. The lowest BCUT2D eigenvalue weighted by Gasteiger charge is -2.16. The number of carbonyl (C=O) groups excluding carboxylic acids is 1. The average molecular weight is 257 g/mol. The lowest BCUT2D eigenvalue weighted by molar-refractivity contribution is 0.0779. The van der Waals surface area contributed by atoms with E-state index in [4.69, 9.17) is 0 Å². The standard InChI is InChI=1S/C13H15N5O/c1-14-12-8-16-11(7-17-12)13(19)18(2)9-10-3-5-15-6-4-10/h3-8H,9H2,1-2H3,(H,14,17). The Hall–Kier alpha value is -2.50. The second-order valence-corrected chi connectivity index (χ2v) is 4.05. The molecule has 0 atom stereocenters. The van der Waals surface area contributed by atoms with Crippen LogP contribution in [-0.4, -0.2) is 39.9 Å². The first-order valence-electron chi connectivity index (χ1n) is 5.85. The van der Waals surface area contributed by atoms with E-state index in [0.29, 0.717) is 18.1 Å². The Labute approximate surface area is 111 Å². The Kier molecular flexibility index (Phi) is 4.02. The molecular weight excluding hydrogens is 242 g/mol. The van der Waals surface area contributed by atoms with Crippen LogP contribution in [0.25, 0.3) is 0 Å². The van der Waals surface area contributed by atoms with E-state index < -0.39 is 0 Å². The second-order valence-electron chi connectivity index (χ2n) is 4.05. The molecule has 0 aromatic carbocycles. The molecule has 0 spiro atoms. The summed E-state index contributed by atoms with van der Waals surface area (Å²) in [4.78, 5) is 25.8. The zero-order valence-corrected chi connectivity index (χ0v) is 10.9. The molecule has 19 heavy (non-hydrogen) atoms. The van der Waals surface area contributed by atoms with Gasteiger partial charge in [-0.05, 0) is 17.7 Å². The van der Waals surface area contributed by atoms with E-state index in [9.17, 15) is 4.79 Å². The maximum absolute atomic E-state index is 12.1. The van der Waals surface area contributed by atoms with Gasteiger partial charge in [0.25, 0.3) is 5.91 Å². The van der Waals surface area contributed by atoms with Crippen LogP contribution < -0.4 is 5.32 Å². The fraction of sp³-hybridized carbons (Fsp3) is 0.231. The van der Waals surface area contributed by atoms with Crippen molar-refractivity contribution in [2.24, 2.45) is 0 Å². The summed E-state index contributed by atoms with van der Waals surface area (Å²) in [6, 6.07) is 3.75. The summed E-state index contributed by atoms with van der Waals surface area (Å²) < 4.78 is 0. The topological polar surface area (TPSA) is 71.0 Å². The van der Waals surface area contributed by atoms with E-state index in [1.807, 2.05) is 12.1 Å². The average Bonchev–Trinajstić information content (AvgIpc) is 2.47. The highest BCUT2D eigenvalue weighted by atomic mass is 16.2. The summed E-state index contributed by atoms with van der Waals surface area (Å²) >= 11 is 0. The van der Waals surface area contributed by atoms with Gasteiger partial charge < -0.3 is 10.2 Å². The molecular formula is C13H15N5O. The largest absolute Gasteiger partial charge is 0.372 e. The maximum Gasteiger partial charge on any atom is 0.274 e. The molecule has 0 saturated carbocycles. The van der Waals surface area contributed by atoms with Crippen molar-refractivity contribution in [3.63, 3.8) is 0 Å². The minimum absolute atomic E-state index is 0.160. The summed E-state index contributed by atoms with van der Waals surface area (Å²) in [5, 5.41) is 2.86. The van der Waals surface area contributed by atoms with Crippen LogP contribution >= 0.6 is 0 Å². The summed E-state index contributed by atoms with van der Waals surface area (Å²) in [5.74, 6) is 0.473. The number of amides is 1. The van der Waals surface area contributed by atoms with E-state index in [-0.39, 0.29) is 5.91 Å². The lowest BCUT2D eigenvalue weighted by atomic mass is 10.2. The van der Waals surface area contributed by atoms with Crippen LogP contribution in [0.3, 0.4) is 0 Å². The third kappa shape index (κ3) is 3.25. The molecule has 0 fully saturated rings. The quantitative estimate of drug-likeness (QED) is 0.890. The molecule has 1 amide bonds. The first-order chi connectivity index (χ1) is 9.20. The Balaban J connectivity index is 2.06. The molecule has 2 rings (SSSR count). The highest BCUT2D eigenvalue weighted by molar-refractivity contribution is 5.91. The van der Waals surface area contributed by atoms with Crippen LogP contribution in [-0.2, 0) is 6.54 Å². The number of carbonyl (C=O) groups is 1. The van der Waals surface area contributed by atoms with Crippen molar-refractivity contribution in [3.8, 4) is 0 Å². The van der Waals surface area contributed by atoms with Gasteiger partial charge >= 0.3 is 0 Å². The Morgan fingerprint density at radius 2 is 2.00 bits per heavy atom. The number of anilines is 1. The van der Waals surface area contributed by atoms with E-state index in [0.717, 1.165) is 5.56 Å². The van der Waals surface area contributed by atoms with Gasteiger partial charge in [-0.15, -0.1) is 0 Å². The van der Waals surface area contributed by atoms with Crippen molar-refractivity contribution in [1.29, 1.82) is 0 Å². The fourth-order valence-corrected chi connectivity index (χ4v) is 1.60. The van der Waals surface area contributed by atoms with E-state index in [1.165, 1.54) is 12.4 Å². The summed E-state index contributed by atoms with van der Waals surface area (Å²) in [5.41, 5.74) is 1.35. The predicted octanol–water partition coefficient (Wildman–Crippen LogP) is 1.19. The minimum atomic E-state index is -0.160. The van der Waals surface area contributed by atoms with Gasteiger partial charge in [0.05, 0.1) is 12.4 Å². The number of hydrogen-bond acceptors (Lipinski definition) is 5. The zero-order valence-electron chi connectivity index (χ0n) is 10.9. The molecule has 6 nitrogen and oxygen atoms in total. The van der Waals surface area contributed by atoms with Crippen molar-refractivity contribution >= 4 is 11.7 Å². The molecule has 0 aliphatic carbocycles. The Morgan fingerprint density at radius 1 is 1.26 bits per heavy atom. The maximum atomic E-state index is 12.1. The van der Waals surface area contributed by atoms with E-state index in [1.54, 1.807) is 31.4 Å². The van der Waals surface area contributed by atoms with Crippen LogP contribution in [0.1, 0.15) is 16.1 Å². The molecule has 0 radical (unpaired) electrons. The lowest BCUT2D eigenvalue weighted by Crippen LogP contribution is -2.27. The molecule has 0 aliphatic rings. The molecule has 6 heteroatoms. The Morgan fingerprint density at radius 3 is 2.58 bits per heavy atom. The van der Waals surface area contributed by atoms with Crippen molar-refractivity contribution in [2.45, 2.75) is 6.54 Å². The number of aromatic nitrogens is 3. The molecule has 0 aliphatic heterocycles. The van der Waals surface area contributed by atoms with Gasteiger partial charge in [-0.1, -0.05) is 0 Å². The van der Waals surface area contributed by atoms with Crippen LogP contribution in [0.2, 0.25) is 0 Å². The Bertz CT molecular complexity index is 541. The van der Waals surface area contributed by atoms with Gasteiger partial charge in [-0.3, -0.25) is 9.78 Å². The van der Waals surface area contributed by atoms with Gasteiger partial charge in [-0.25, -0.2) is 9.97 Å². The third-order valence-electron chi connectivity index (χ3n) is 2.64. The van der Waals surface area contributed by atoms with Crippen LogP contribution in [0, 0.1) is 0 Å². The van der Waals surface area contributed by atoms with Crippen molar-refractivity contribution in [1.82, 2.24) is 19.9 Å². The van der Waals surface area contributed by atoms with Crippen molar-refractivity contribution in [2.75, 3.05) is 19.4 Å². The number of pyridine rings is 1. The number of nitrogens with zero attached hydrogens (tertiary/aromatic N) is 4. The SMILES string of the molecule is CNc1cnc(C(=O)N(C)Cc2ccncc2)cn1. The third-order valence-corrected chi connectivity index (χ3v) is 2.64. The van der Waals surface area contributed by atoms with Gasteiger partial charge in [0.2, 0.25) is 0 Å². The molecule has 2 aromatic rings. The van der Waals surface area contributed by atoms with Crippen molar-refractivity contribution < 1.29 is 4.79 Å². The van der Waals surface area contributed by atoms with Crippen LogP contribution in [0.5, 0.6) is 0 Å². The van der Waals surface area contributed by atoms with Gasteiger partial charge in [0.1, 0.15) is 11.5 Å². The van der Waals surface area contributed by atoms with Gasteiger partial charge in [0, 0.05) is 33.0 Å². The predicted molar refractivity (Wildman–Crippen MR) is 71.6 cm³/mol. The van der Waals surface area contributed by atoms with Gasteiger partial charge in [0.15, 0.2) is 0 Å². The molecule has 0 unspecified atom stereocenters. The highest BCUT2D eigenvalue weighted by Gasteiger charge is 2.13. The van der Waals surface area contributed by atoms with E-state index in [2.05, 4.69) is 20.3 Å². The molecule has 0 bridgehead atoms. The first kappa shape index (κ1) is 12.9. The second kappa shape index (κ2) is 5.90. The molecule has 98 valence electrons. The number of rotatable bonds is 4. The first-order valence-corrected chi connectivity index (χ1v) is 5.85. The smallest absolute Gasteiger partial charge is 0.274 e. The summed E-state index contributed by atoms with van der Waals surface area (Å²) in [7, 11) is 3.48. The summed E-state index contributed by atoms with van der Waals surface area (Å²) in [6.45, 7) is 0.511. The molecule has 0 saturated heterocycles. The minimum Gasteiger partial charge on any atom is -0.372 e. The number of hydrogen-bond donors (Lipinski definition) is 1.